The summed E-state index contributed by atoms with van der Waals surface area (Å²) in [6.45, 7) is 0. The van der Waals surface area contributed by atoms with E-state index in [0.29, 0.717) is 11.1 Å². The van der Waals surface area contributed by atoms with Gasteiger partial charge < -0.3 is 10.2 Å². The molecule has 76 valence electrons. The van der Waals surface area contributed by atoms with Gasteiger partial charge in [-0.1, -0.05) is 12.1 Å². The molecule has 0 saturated carbocycles. The van der Waals surface area contributed by atoms with Crippen molar-refractivity contribution in [2.24, 2.45) is 0 Å². The number of aliphatic hydroxyl groups is 2. The van der Waals surface area contributed by atoms with Gasteiger partial charge in [-0.2, -0.15) is 10.5 Å². The van der Waals surface area contributed by atoms with Crippen LogP contribution in [0, 0.1) is 22.7 Å². The van der Waals surface area contributed by atoms with E-state index in [9.17, 15) is 10.2 Å². The number of hydrogen-bond acceptors (Lipinski definition) is 4. The van der Waals surface area contributed by atoms with E-state index < -0.39 is 12.2 Å². The van der Waals surface area contributed by atoms with Crippen molar-refractivity contribution < 1.29 is 10.2 Å². The standard InChI is InChI=1S/C11H10N2O2/c12-6-5-10(14)11(15)9-3-1-8(7-13)2-4-9/h1-4,10-11,14-15H,5H2. The molecule has 0 spiro atoms. The fourth-order valence-electron chi connectivity index (χ4n) is 1.18. The maximum atomic E-state index is 9.60. The predicted octanol–water partition coefficient (Wildman–Crippen LogP) is 0.866. The van der Waals surface area contributed by atoms with Crippen LogP contribution in [0.2, 0.25) is 0 Å². The van der Waals surface area contributed by atoms with Crippen molar-refractivity contribution in [2.75, 3.05) is 0 Å². The monoisotopic (exact) mass is 202 g/mol. The van der Waals surface area contributed by atoms with Crippen molar-refractivity contribution in [1.29, 1.82) is 10.5 Å². The highest BCUT2D eigenvalue weighted by Gasteiger charge is 2.17. The first-order valence-corrected chi connectivity index (χ1v) is 4.42. The normalized spacial score (nSPS) is 13.6. The van der Waals surface area contributed by atoms with E-state index in [1.807, 2.05) is 6.07 Å². The predicted molar refractivity (Wildman–Crippen MR) is 52.4 cm³/mol. The summed E-state index contributed by atoms with van der Waals surface area (Å²) in [7, 11) is 0. The first-order chi connectivity index (χ1) is 7.19. The molecule has 0 saturated heterocycles. The molecule has 2 atom stereocenters. The number of aliphatic hydroxyl groups excluding tert-OH is 2. The molecule has 4 nitrogen and oxygen atoms in total. The molecular formula is C11H10N2O2. The molecule has 2 N–H and O–H groups in total. The van der Waals surface area contributed by atoms with Crippen molar-refractivity contribution in [3.8, 4) is 12.1 Å². The lowest BCUT2D eigenvalue weighted by atomic mass is 10.0. The highest BCUT2D eigenvalue weighted by Crippen LogP contribution is 2.18. The van der Waals surface area contributed by atoms with E-state index in [0.717, 1.165) is 0 Å². The van der Waals surface area contributed by atoms with Gasteiger partial charge >= 0.3 is 0 Å². The Bertz CT molecular complexity index is 400. The zero-order chi connectivity index (χ0) is 11.3. The van der Waals surface area contributed by atoms with Crippen LogP contribution in [0.1, 0.15) is 23.7 Å². The minimum atomic E-state index is -1.09. The molecule has 0 aromatic heterocycles. The third kappa shape index (κ3) is 2.78. The molecule has 0 amide bonds. The van der Waals surface area contributed by atoms with Crippen LogP contribution in [0.4, 0.5) is 0 Å². The molecule has 0 aliphatic carbocycles. The molecule has 15 heavy (non-hydrogen) atoms. The third-order valence-electron chi connectivity index (χ3n) is 2.05. The average molecular weight is 202 g/mol. The van der Waals surface area contributed by atoms with Gasteiger partial charge in [0.1, 0.15) is 6.10 Å². The number of rotatable bonds is 3. The Hall–Kier alpha value is -1.88. The fraction of sp³-hybridized carbons (Fsp3) is 0.273. The van der Waals surface area contributed by atoms with Gasteiger partial charge in [-0.25, -0.2) is 0 Å². The topological polar surface area (TPSA) is 88.0 Å². The highest BCUT2D eigenvalue weighted by atomic mass is 16.3. The maximum absolute atomic E-state index is 9.60. The quantitative estimate of drug-likeness (QED) is 0.761. The van der Waals surface area contributed by atoms with Crippen LogP contribution in [-0.2, 0) is 0 Å². The fourth-order valence-corrected chi connectivity index (χ4v) is 1.18. The summed E-state index contributed by atoms with van der Waals surface area (Å²) in [6, 6.07) is 9.95. The van der Waals surface area contributed by atoms with Gasteiger partial charge in [0.05, 0.1) is 30.2 Å². The molecule has 0 aliphatic rings. The number of hydrogen-bond donors (Lipinski definition) is 2. The van der Waals surface area contributed by atoms with E-state index >= 15 is 0 Å². The van der Waals surface area contributed by atoms with Gasteiger partial charge in [0.15, 0.2) is 0 Å². The van der Waals surface area contributed by atoms with Crippen LogP contribution in [0.5, 0.6) is 0 Å². The van der Waals surface area contributed by atoms with E-state index in [1.54, 1.807) is 30.3 Å². The molecule has 0 heterocycles. The number of nitriles is 2. The molecule has 4 heteroatoms. The third-order valence-corrected chi connectivity index (χ3v) is 2.05. The molecule has 1 rings (SSSR count). The minimum Gasteiger partial charge on any atom is -0.389 e. The minimum absolute atomic E-state index is 0.124. The van der Waals surface area contributed by atoms with E-state index in [1.165, 1.54) is 0 Å². The average Bonchev–Trinajstić information content (AvgIpc) is 2.28. The molecule has 1 aromatic rings. The van der Waals surface area contributed by atoms with Gasteiger partial charge in [0, 0.05) is 0 Å². The van der Waals surface area contributed by atoms with E-state index in [2.05, 4.69) is 0 Å². The Balaban J connectivity index is 2.79. The summed E-state index contributed by atoms with van der Waals surface area (Å²) in [6.07, 6.45) is -2.30. The maximum Gasteiger partial charge on any atom is 0.106 e. The smallest absolute Gasteiger partial charge is 0.106 e. The zero-order valence-electron chi connectivity index (χ0n) is 7.96. The van der Waals surface area contributed by atoms with Crippen LogP contribution in [0.25, 0.3) is 0 Å². The molecule has 0 bridgehead atoms. The van der Waals surface area contributed by atoms with Gasteiger partial charge in [0.25, 0.3) is 0 Å². The highest BCUT2D eigenvalue weighted by molar-refractivity contribution is 5.32. The SMILES string of the molecule is N#CCC(O)C(O)c1ccc(C#N)cc1. The van der Waals surface area contributed by atoms with Crippen LogP contribution in [0.15, 0.2) is 24.3 Å². The second-order valence-corrected chi connectivity index (χ2v) is 3.11. The van der Waals surface area contributed by atoms with Gasteiger partial charge in [-0.3, -0.25) is 0 Å². The van der Waals surface area contributed by atoms with Crippen LogP contribution >= 0.6 is 0 Å². The second-order valence-electron chi connectivity index (χ2n) is 3.11. The Morgan fingerprint density at radius 3 is 2.20 bits per heavy atom. The van der Waals surface area contributed by atoms with Crippen LogP contribution in [0.3, 0.4) is 0 Å². The van der Waals surface area contributed by atoms with Gasteiger partial charge in [-0.05, 0) is 17.7 Å². The lowest BCUT2D eigenvalue weighted by molar-refractivity contribution is 0.0216. The summed E-state index contributed by atoms with van der Waals surface area (Å²) < 4.78 is 0. The molecule has 0 radical (unpaired) electrons. The lowest BCUT2D eigenvalue weighted by Gasteiger charge is -2.15. The van der Waals surface area contributed by atoms with Gasteiger partial charge in [0.2, 0.25) is 0 Å². The first-order valence-electron chi connectivity index (χ1n) is 4.42. The lowest BCUT2D eigenvalue weighted by Crippen LogP contribution is -2.17. The first kappa shape index (κ1) is 11.2. The Labute approximate surface area is 87.6 Å². The zero-order valence-corrected chi connectivity index (χ0v) is 7.96. The van der Waals surface area contributed by atoms with Gasteiger partial charge in [-0.15, -0.1) is 0 Å². The Morgan fingerprint density at radius 2 is 1.73 bits per heavy atom. The van der Waals surface area contributed by atoms with Crippen molar-refractivity contribution in [2.45, 2.75) is 18.6 Å². The van der Waals surface area contributed by atoms with Crippen molar-refractivity contribution in [1.82, 2.24) is 0 Å². The van der Waals surface area contributed by atoms with Crippen molar-refractivity contribution >= 4 is 0 Å². The van der Waals surface area contributed by atoms with E-state index in [-0.39, 0.29) is 6.42 Å². The summed E-state index contributed by atoms with van der Waals surface area (Å²) in [4.78, 5) is 0. The summed E-state index contributed by atoms with van der Waals surface area (Å²) in [5.74, 6) is 0. The van der Waals surface area contributed by atoms with Crippen molar-refractivity contribution in [3.63, 3.8) is 0 Å². The second kappa shape index (κ2) is 5.11. The number of nitrogens with zero attached hydrogens (tertiary/aromatic N) is 2. The molecular weight excluding hydrogens is 192 g/mol. The summed E-state index contributed by atoms with van der Waals surface area (Å²) >= 11 is 0. The van der Waals surface area contributed by atoms with E-state index in [4.69, 9.17) is 10.5 Å². The Kier molecular flexibility index (Phi) is 3.82. The summed E-state index contributed by atoms with van der Waals surface area (Å²) in [5, 5.41) is 35.9. The molecule has 0 fully saturated rings. The largest absolute Gasteiger partial charge is 0.389 e. The molecule has 2 unspecified atom stereocenters. The molecule has 0 aliphatic heterocycles. The number of benzene rings is 1. The summed E-state index contributed by atoms with van der Waals surface area (Å²) in [5.41, 5.74) is 0.984. The van der Waals surface area contributed by atoms with Crippen molar-refractivity contribution in [3.05, 3.63) is 35.4 Å². The van der Waals surface area contributed by atoms with Crippen LogP contribution < -0.4 is 0 Å². The Morgan fingerprint density at radius 1 is 1.13 bits per heavy atom. The molecule has 1 aromatic carbocycles. The van der Waals surface area contributed by atoms with Crippen LogP contribution in [-0.4, -0.2) is 16.3 Å².